The highest BCUT2D eigenvalue weighted by molar-refractivity contribution is 6.25. The van der Waals surface area contributed by atoms with Crippen molar-refractivity contribution in [2.75, 3.05) is 0 Å². The predicted molar refractivity (Wildman–Crippen MR) is 199 cm³/mol. The summed E-state index contributed by atoms with van der Waals surface area (Å²) < 4.78 is 0. The maximum absolute atomic E-state index is 2.42. The summed E-state index contributed by atoms with van der Waals surface area (Å²) in [6.07, 6.45) is 1.12. The van der Waals surface area contributed by atoms with Crippen molar-refractivity contribution in [2.24, 2.45) is 0 Å². The van der Waals surface area contributed by atoms with E-state index < -0.39 is 0 Å². The smallest absolute Gasteiger partial charge is 0.0159 e. The first-order chi connectivity index (χ1) is 22.2. The van der Waals surface area contributed by atoms with E-state index in [1.807, 2.05) is 0 Å². The first-order valence-corrected chi connectivity index (χ1v) is 16.7. The van der Waals surface area contributed by atoms with Gasteiger partial charge in [-0.15, -0.1) is 0 Å². The van der Waals surface area contributed by atoms with E-state index >= 15 is 0 Å². The van der Waals surface area contributed by atoms with Crippen molar-refractivity contribution < 1.29 is 0 Å². The van der Waals surface area contributed by atoms with Crippen LogP contribution in [0.1, 0.15) is 57.7 Å². The van der Waals surface area contributed by atoms with Crippen molar-refractivity contribution in [3.63, 3.8) is 0 Å². The van der Waals surface area contributed by atoms with E-state index in [2.05, 4.69) is 162 Å². The Labute approximate surface area is 271 Å². The van der Waals surface area contributed by atoms with E-state index in [9.17, 15) is 0 Å². The zero-order valence-corrected chi connectivity index (χ0v) is 27.3. The lowest BCUT2D eigenvalue weighted by Crippen LogP contribution is -2.15. The maximum atomic E-state index is 2.42. The van der Waals surface area contributed by atoms with Crippen LogP contribution in [0.5, 0.6) is 0 Å². The van der Waals surface area contributed by atoms with Crippen LogP contribution >= 0.6 is 0 Å². The number of rotatable bonds is 4. The lowest BCUT2D eigenvalue weighted by Gasteiger charge is -2.25. The number of fused-ring (bicyclic) bond motifs is 4. The van der Waals surface area contributed by atoms with Gasteiger partial charge in [0.15, 0.2) is 0 Å². The minimum atomic E-state index is 0.00273. The van der Waals surface area contributed by atoms with Gasteiger partial charge in [0.25, 0.3) is 0 Å². The lowest BCUT2D eigenvalue weighted by atomic mass is 9.79. The van der Waals surface area contributed by atoms with Gasteiger partial charge in [-0.1, -0.05) is 144 Å². The van der Waals surface area contributed by atoms with E-state index in [0.717, 1.165) is 6.42 Å². The molecule has 0 nitrogen and oxygen atoms in total. The standard InChI is InChI=1S/C46H38/c1-6-45(2,3)36-25-34-16-11-28-17-20-37(40-22-19-35(26-36)43(34)44(28)40)33-15-14-29-23-30(12-13-31(29)24-33)32-18-21-39-38-9-7-8-10-41(38)46(4,5)42(39)27-32/h7-27H,6H2,1-5H3. The van der Waals surface area contributed by atoms with Crippen LogP contribution in [0.3, 0.4) is 0 Å². The van der Waals surface area contributed by atoms with Gasteiger partial charge in [0, 0.05) is 5.41 Å². The summed E-state index contributed by atoms with van der Waals surface area (Å²) in [6, 6.07) is 48.6. The molecule has 0 amide bonds. The molecule has 0 unspecified atom stereocenters. The van der Waals surface area contributed by atoms with Crippen molar-refractivity contribution in [1.82, 2.24) is 0 Å². The second-order valence-electron chi connectivity index (χ2n) is 14.6. The van der Waals surface area contributed by atoms with E-state index in [1.165, 1.54) is 93.2 Å². The summed E-state index contributed by atoms with van der Waals surface area (Å²) in [5.41, 5.74) is 12.3. The molecule has 1 aliphatic carbocycles. The molecular formula is C46H38. The van der Waals surface area contributed by atoms with Crippen molar-refractivity contribution in [3.05, 3.63) is 144 Å². The molecule has 0 saturated heterocycles. The molecule has 0 bridgehead atoms. The molecule has 8 aromatic carbocycles. The Morgan fingerprint density at radius 3 is 1.83 bits per heavy atom. The minimum absolute atomic E-state index is 0.00273. The molecule has 0 radical (unpaired) electrons. The largest absolute Gasteiger partial charge is 0.0646 e. The molecule has 0 atom stereocenters. The van der Waals surface area contributed by atoms with E-state index in [4.69, 9.17) is 0 Å². The molecule has 0 aromatic heterocycles. The number of hydrogen-bond donors (Lipinski definition) is 0. The summed E-state index contributed by atoms with van der Waals surface area (Å²) in [6.45, 7) is 11.7. The summed E-state index contributed by atoms with van der Waals surface area (Å²) in [5, 5.41) is 10.6. The fraction of sp³-hybridized carbons (Fsp3) is 0.174. The van der Waals surface area contributed by atoms with Crippen LogP contribution in [0.25, 0.3) is 76.5 Å². The van der Waals surface area contributed by atoms with Crippen LogP contribution in [-0.2, 0) is 10.8 Å². The molecule has 46 heavy (non-hydrogen) atoms. The monoisotopic (exact) mass is 590 g/mol. The third-order valence-electron chi connectivity index (χ3n) is 11.3. The Morgan fingerprint density at radius 2 is 1.04 bits per heavy atom. The van der Waals surface area contributed by atoms with Crippen molar-refractivity contribution in [2.45, 2.75) is 51.9 Å². The van der Waals surface area contributed by atoms with Crippen molar-refractivity contribution in [3.8, 4) is 33.4 Å². The van der Waals surface area contributed by atoms with Gasteiger partial charge in [0.05, 0.1) is 0 Å². The van der Waals surface area contributed by atoms with Gasteiger partial charge >= 0.3 is 0 Å². The summed E-state index contributed by atoms with van der Waals surface area (Å²) in [4.78, 5) is 0. The van der Waals surface area contributed by atoms with E-state index in [-0.39, 0.29) is 10.8 Å². The van der Waals surface area contributed by atoms with Crippen LogP contribution in [0.2, 0.25) is 0 Å². The van der Waals surface area contributed by atoms with Gasteiger partial charge in [0.2, 0.25) is 0 Å². The van der Waals surface area contributed by atoms with Crippen LogP contribution in [-0.4, -0.2) is 0 Å². The quantitative estimate of drug-likeness (QED) is 0.179. The zero-order chi connectivity index (χ0) is 31.4. The van der Waals surface area contributed by atoms with E-state index in [1.54, 1.807) is 0 Å². The maximum Gasteiger partial charge on any atom is 0.0159 e. The molecule has 1 aliphatic rings. The molecular weight excluding hydrogens is 553 g/mol. The molecule has 0 N–H and O–H groups in total. The Balaban J connectivity index is 1.13. The second-order valence-corrected chi connectivity index (χ2v) is 14.6. The molecule has 8 aromatic rings. The fourth-order valence-electron chi connectivity index (χ4n) is 8.14. The van der Waals surface area contributed by atoms with Crippen LogP contribution in [0.15, 0.2) is 127 Å². The van der Waals surface area contributed by atoms with Gasteiger partial charge in [-0.05, 0) is 123 Å². The van der Waals surface area contributed by atoms with E-state index in [0.29, 0.717) is 0 Å². The molecule has 222 valence electrons. The fourth-order valence-corrected chi connectivity index (χ4v) is 8.14. The molecule has 0 heteroatoms. The average molecular weight is 591 g/mol. The molecule has 0 fully saturated rings. The third kappa shape index (κ3) is 3.86. The molecule has 9 rings (SSSR count). The highest BCUT2D eigenvalue weighted by Gasteiger charge is 2.35. The molecule has 0 saturated carbocycles. The minimum Gasteiger partial charge on any atom is -0.0646 e. The molecule has 0 aliphatic heterocycles. The van der Waals surface area contributed by atoms with Gasteiger partial charge in [-0.3, -0.25) is 0 Å². The van der Waals surface area contributed by atoms with Crippen LogP contribution in [0.4, 0.5) is 0 Å². The number of hydrogen-bond acceptors (Lipinski definition) is 0. The Kier molecular flexibility index (Phi) is 5.68. The van der Waals surface area contributed by atoms with Gasteiger partial charge < -0.3 is 0 Å². The topological polar surface area (TPSA) is 0 Å². The first-order valence-electron chi connectivity index (χ1n) is 16.7. The third-order valence-corrected chi connectivity index (χ3v) is 11.3. The Morgan fingerprint density at radius 1 is 0.478 bits per heavy atom. The Hall–Kier alpha value is -4.94. The second kappa shape index (κ2) is 9.54. The lowest BCUT2D eigenvalue weighted by molar-refractivity contribution is 0.507. The predicted octanol–water partition coefficient (Wildman–Crippen LogP) is 13.1. The summed E-state index contributed by atoms with van der Waals surface area (Å²) >= 11 is 0. The summed E-state index contributed by atoms with van der Waals surface area (Å²) in [7, 11) is 0. The molecule has 0 heterocycles. The Bertz CT molecular complexity index is 2490. The first kappa shape index (κ1) is 27.4. The molecule has 0 spiro atoms. The summed E-state index contributed by atoms with van der Waals surface area (Å²) in [5.74, 6) is 0. The van der Waals surface area contributed by atoms with Crippen LogP contribution in [0, 0.1) is 0 Å². The SMILES string of the molecule is CCC(C)(C)c1cc2ccc3ccc(-c4ccc5cc(-c6ccc7c(c6)C(C)(C)c6ccccc6-7)ccc5c4)c4ccc(c1)c2c34. The van der Waals surface area contributed by atoms with Gasteiger partial charge in [-0.2, -0.15) is 0 Å². The number of benzene rings is 8. The van der Waals surface area contributed by atoms with Crippen molar-refractivity contribution in [1.29, 1.82) is 0 Å². The highest BCUT2D eigenvalue weighted by Crippen LogP contribution is 2.49. The van der Waals surface area contributed by atoms with Gasteiger partial charge in [-0.25, -0.2) is 0 Å². The normalized spacial score (nSPS) is 14.0. The van der Waals surface area contributed by atoms with Crippen LogP contribution < -0.4 is 0 Å². The average Bonchev–Trinajstić information content (AvgIpc) is 3.32. The highest BCUT2D eigenvalue weighted by atomic mass is 14.4. The zero-order valence-electron chi connectivity index (χ0n) is 27.3. The van der Waals surface area contributed by atoms with Gasteiger partial charge in [0.1, 0.15) is 0 Å². The van der Waals surface area contributed by atoms with Crippen molar-refractivity contribution >= 4 is 43.1 Å².